The molecule has 4 fully saturated rings. The summed E-state index contributed by atoms with van der Waals surface area (Å²) in [6, 6.07) is 1.98. The zero-order valence-corrected chi connectivity index (χ0v) is 23.7. The molecule has 2 aromatic rings. The molecular formula is C29H38F3N5O3. The van der Waals surface area contributed by atoms with Crippen LogP contribution < -0.4 is 9.64 Å². The fourth-order valence-electron chi connectivity index (χ4n) is 6.64. The molecule has 4 heterocycles. The quantitative estimate of drug-likeness (QED) is 0.487. The fraction of sp³-hybridized carbons (Fsp3) is 0.690. The maximum Gasteiger partial charge on any atom is 0.411 e. The second-order valence-corrected chi connectivity index (χ2v) is 13.4. The smallest absolute Gasteiger partial charge is 0.411 e. The summed E-state index contributed by atoms with van der Waals surface area (Å²) in [7, 11) is 0. The molecule has 1 amide bonds. The van der Waals surface area contributed by atoms with Crippen molar-refractivity contribution in [3.63, 3.8) is 0 Å². The average molecular weight is 562 g/mol. The Morgan fingerprint density at radius 3 is 2.55 bits per heavy atom. The summed E-state index contributed by atoms with van der Waals surface area (Å²) in [4.78, 5) is 28.1. The van der Waals surface area contributed by atoms with Gasteiger partial charge in [-0.05, 0) is 65.9 Å². The molecule has 1 aromatic heterocycles. The molecule has 3 atom stereocenters. The maximum atomic E-state index is 15.0. The van der Waals surface area contributed by atoms with Crippen LogP contribution in [0.5, 0.6) is 6.01 Å². The van der Waals surface area contributed by atoms with Crippen molar-refractivity contribution in [1.82, 2.24) is 19.8 Å². The number of piperazine rings is 1. The molecule has 6 rings (SSSR count). The Hall–Kier alpha value is -2.82. The lowest BCUT2D eigenvalue weighted by molar-refractivity contribution is -0.00280. The van der Waals surface area contributed by atoms with Crippen molar-refractivity contribution >= 4 is 22.8 Å². The lowest BCUT2D eigenvalue weighted by Crippen LogP contribution is -2.63. The zero-order chi connectivity index (χ0) is 28.4. The van der Waals surface area contributed by atoms with Gasteiger partial charge in [-0.25, -0.2) is 18.0 Å². The summed E-state index contributed by atoms with van der Waals surface area (Å²) in [6.45, 7) is 10.7. The van der Waals surface area contributed by atoms with Crippen LogP contribution in [0, 0.1) is 17.0 Å². The number of hydrogen-bond acceptors (Lipinski definition) is 7. The molecule has 4 aliphatic rings. The van der Waals surface area contributed by atoms with E-state index in [0.29, 0.717) is 38.5 Å². The molecule has 0 N–H and O–H groups in total. The van der Waals surface area contributed by atoms with Crippen molar-refractivity contribution in [2.24, 2.45) is 5.41 Å². The third-order valence-corrected chi connectivity index (χ3v) is 8.73. The highest BCUT2D eigenvalue weighted by Crippen LogP contribution is 2.47. The van der Waals surface area contributed by atoms with E-state index in [0.717, 1.165) is 44.8 Å². The molecule has 1 saturated carbocycles. The van der Waals surface area contributed by atoms with Crippen LogP contribution in [0.15, 0.2) is 12.1 Å². The second-order valence-electron chi connectivity index (χ2n) is 13.4. The summed E-state index contributed by atoms with van der Waals surface area (Å²) in [6.07, 6.45) is 2.93. The molecule has 3 aliphatic heterocycles. The minimum absolute atomic E-state index is 0.00173. The SMILES string of the molecule is CC(C)(C)OC(=O)N1[C@@H]2CCC1(C)CN(c1nc(OCC3(CN4CC[C@@H](F)C4)CC3)nc3c(F)cc(F)cc13)C2. The van der Waals surface area contributed by atoms with E-state index < -0.39 is 28.9 Å². The number of ether oxygens (including phenoxy) is 2. The number of carbonyl (C=O) groups excluding carboxylic acids is 1. The molecule has 0 spiro atoms. The molecule has 1 unspecified atom stereocenters. The molecular weight excluding hydrogens is 523 g/mol. The van der Waals surface area contributed by atoms with Gasteiger partial charge in [-0.15, -0.1) is 0 Å². The first-order valence-electron chi connectivity index (χ1n) is 14.3. The average Bonchev–Trinajstić information content (AvgIpc) is 3.43. The van der Waals surface area contributed by atoms with Gasteiger partial charge < -0.3 is 14.4 Å². The van der Waals surface area contributed by atoms with Gasteiger partial charge in [0.15, 0.2) is 5.82 Å². The third-order valence-electron chi connectivity index (χ3n) is 8.73. The van der Waals surface area contributed by atoms with Crippen LogP contribution >= 0.6 is 0 Å². The number of amides is 1. The van der Waals surface area contributed by atoms with Gasteiger partial charge in [0.05, 0.1) is 18.2 Å². The first-order valence-corrected chi connectivity index (χ1v) is 14.3. The monoisotopic (exact) mass is 561 g/mol. The Morgan fingerprint density at radius 2 is 1.90 bits per heavy atom. The number of alkyl halides is 1. The van der Waals surface area contributed by atoms with Gasteiger partial charge in [0.1, 0.15) is 28.9 Å². The topological polar surface area (TPSA) is 71.0 Å². The molecule has 1 aromatic carbocycles. The summed E-state index contributed by atoms with van der Waals surface area (Å²) >= 11 is 0. The Bertz CT molecular complexity index is 1320. The molecule has 0 radical (unpaired) electrons. The Balaban J connectivity index is 1.27. The van der Waals surface area contributed by atoms with Crippen LogP contribution in [-0.4, -0.2) is 88.5 Å². The summed E-state index contributed by atoms with van der Waals surface area (Å²) in [5, 5.41) is 0.269. The third kappa shape index (κ3) is 5.29. The van der Waals surface area contributed by atoms with Crippen LogP contribution in [0.4, 0.5) is 23.8 Å². The number of likely N-dealkylation sites (tertiary alicyclic amines) is 1. The number of fused-ring (bicyclic) bond motifs is 3. The van der Waals surface area contributed by atoms with E-state index in [4.69, 9.17) is 9.47 Å². The van der Waals surface area contributed by atoms with Gasteiger partial charge >= 0.3 is 12.1 Å². The van der Waals surface area contributed by atoms with Crippen LogP contribution in [0.3, 0.4) is 0 Å². The summed E-state index contributed by atoms with van der Waals surface area (Å²) < 4.78 is 54.9. The predicted molar refractivity (Wildman–Crippen MR) is 144 cm³/mol. The normalized spacial score (nSPS) is 27.9. The van der Waals surface area contributed by atoms with E-state index >= 15 is 4.39 Å². The number of aromatic nitrogens is 2. The Kier molecular flexibility index (Phi) is 6.59. The lowest BCUT2D eigenvalue weighted by atomic mass is 9.97. The van der Waals surface area contributed by atoms with Gasteiger partial charge in [-0.2, -0.15) is 9.97 Å². The van der Waals surface area contributed by atoms with Crippen molar-refractivity contribution < 1.29 is 27.4 Å². The van der Waals surface area contributed by atoms with Crippen molar-refractivity contribution in [3.8, 4) is 6.01 Å². The van der Waals surface area contributed by atoms with Crippen molar-refractivity contribution in [1.29, 1.82) is 0 Å². The number of hydrogen-bond donors (Lipinski definition) is 0. The predicted octanol–water partition coefficient (Wildman–Crippen LogP) is 5.09. The number of rotatable bonds is 6. The van der Waals surface area contributed by atoms with Crippen molar-refractivity contribution in [3.05, 3.63) is 23.8 Å². The molecule has 40 heavy (non-hydrogen) atoms. The number of anilines is 1. The van der Waals surface area contributed by atoms with Crippen LogP contribution in [0.2, 0.25) is 0 Å². The van der Waals surface area contributed by atoms with Gasteiger partial charge in [-0.1, -0.05) is 0 Å². The first-order chi connectivity index (χ1) is 18.8. The molecule has 2 bridgehead atoms. The minimum atomic E-state index is -0.780. The van der Waals surface area contributed by atoms with Gasteiger partial charge in [-0.3, -0.25) is 9.80 Å². The lowest BCUT2D eigenvalue weighted by Gasteiger charge is -2.47. The largest absolute Gasteiger partial charge is 0.463 e. The number of halogens is 3. The van der Waals surface area contributed by atoms with Crippen molar-refractivity contribution in [2.45, 2.75) is 83.2 Å². The van der Waals surface area contributed by atoms with Gasteiger partial charge in [0, 0.05) is 49.6 Å². The maximum absolute atomic E-state index is 15.0. The van der Waals surface area contributed by atoms with Gasteiger partial charge in [0.2, 0.25) is 0 Å². The van der Waals surface area contributed by atoms with Crippen LogP contribution in [-0.2, 0) is 4.74 Å². The molecule has 1 aliphatic carbocycles. The van der Waals surface area contributed by atoms with E-state index in [9.17, 15) is 13.6 Å². The molecule has 218 valence electrons. The molecule has 3 saturated heterocycles. The highest BCUT2D eigenvalue weighted by molar-refractivity contribution is 5.90. The number of nitrogens with zero attached hydrogens (tertiary/aromatic N) is 5. The van der Waals surface area contributed by atoms with Crippen LogP contribution in [0.1, 0.15) is 59.8 Å². The first kappa shape index (κ1) is 27.4. The zero-order valence-electron chi connectivity index (χ0n) is 23.7. The Labute approximate surface area is 232 Å². The summed E-state index contributed by atoms with van der Waals surface area (Å²) in [5.74, 6) is -1.10. The summed E-state index contributed by atoms with van der Waals surface area (Å²) in [5.41, 5.74) is -1.24. The highest BCUT2D eigenvalue weighted by Gasteiger charge is 2.52. The highest BCUT2D eigenvalue weighted by atomic mass is 19.1. The van der Waals surface area contributed by atoms with E-state index in [1.807, 2.05) is 37.5 Å². The molecule has 11 heteroatoms. The molecule has 8 nitrogen and oxygen atoms in total. The number of carbonyl (C=O) groups is 1. The van der Waals surface area contributed by atoms with E-state index in [-0.39, 0.29) is 34.5 Å². The fourth-order valence-corrected chi connectivity index (χ4v) is 6.64. The second kappa shape index (κ2) is 9.63. The van der Waals surface area contributed by atoms with E-state index in [1.165, 1.54) is 6.07 Å². The van der Waals surface area contributed by atoms with Gasteiger partial charge in [0.25, 0.3) is 0 Å². The Morgan fingerprint density at radius 1 is 1.12 bits per heavy atom. The van der Waals surface area contributed by atoms with E-state index in [1.54, 1.807) is 0 Å². The van der Waals surface area contributed by atoms with Crippen molar-refractivity contribution in [2.75, 3.05) is 44.2 Å². The minimum Gasteiger partial charge on any atom is -0.463 e. The number of benzene rings is 1. The van der Waals surface area contributed by atoms with Crippen LogP contribution in [0.25, 0.3) is 10.9 Å². The van der Waals surface area contributed by atoms with E-state index in [2.05, 4.69) is 14.9 Å². The standard InChI is InChI=1S/C29H38F3N5O3/c1-27(2,3)40-26(38)37-20-5-7-28(37,4)15-36(14-20)24-21-11-19(31)12-22(32)23(21)33-25(34-24)39-17-29(8-9-29)16-35-10-6-18(30)13-35/h11-12,18,20H,5-10,13-17H2,1-4H3/t18-,20-,28?/m1/s1.